The van der Waals surface area contributed by atoms with Crippen molar-refractivity contribution < 1.29 is 0 Å². The summed E-state index contributed by atoms with van der Waals surface area (Å²) in [6, 6.07) is 0. The minimum Gasteiger partial charge on any atom is -0.368 e. The molecule has 1 heterocycles. The molecule has 1 aliphatic heterocycles. The zero-order valence-corrected chi connectivity index (χ0v) is 27.9. The van der Waals surface area contributed by atoms with Crippen molar-refractivity contribution in [3.05, 3.63) is 36.7 Å². The van der Waals surface area contributed by atoms with Crippen molar-refractivity contribution in [1.29, 1.82) is 0 Å². The van der Waals surface area contributed by atoms with E-state index in [1.807, 2.05) is 36.7 Å². The van der Waals surface area contributed by atoms with Gasteiger partial charge in [0.2, 0.25) is 0 Å². The first kappa shape index (κ1) is 39.0. The van der Waals surface area contributed by atoms with E-state index in [1.54, 1.807) is 0 Å². The number of nitrogens with one attached hydrogen (secondary N) is 1. The summed E-state index contributed by atoms with van der Waals surface area (Å²) >= 11 is 0. The number of unbranched alkanes of at least 4 members (excludes halogenated alkanes) is 30. The summed E-state index contributed by atoms with van der Waals surface area (Å²) < 4.78 is 0. The third kappa shape index (κ3) is 37.0. The molecule has 0 saturated carbocycles. The van der Waals surface area contributed by atoms with E-state index >= 15 is 0 Å². The molecular formula is C39H75N. The molecule has 0 saturated heterocycles. The van der Waals surface area contributed by atoms with Gasteiger partial charge in [-0.15, -0.1) is 0 Å². The third-order valence-corrected chi connectivity index (χ3v) is 8.43. The molecule has 0 aromatic heterocycles. The average molecular weight is 558 g/mol. The second-order valence-corrected chi connectivity index (χ2v) is 12.5. The van der Waals surface area contributed by atoms with E-state index in [-0.39, 0.29) is 0 Å². The Bertz CT molecular complexity index is 473. The molecule has 0 aromatic carbocycles. The van der Waals surface area contributed by atoms with Crippen molar-refractivity contribution in [3.63, 3.8) is 0 Å². The lowest BCUT2D eigenvalue weighted by Gasteiger charge is -2.04. The van der Waals surface area contributed by atoms with Crippen molar-refractivity contribution in [2.75, 3.05) is 0 Å². The Balaban J connectivity index is 0.00000187. The molecule has 0 spiro atoms. The van der Waals surface area contributed by atoms with E-state index in [2.05, 4.69) is 19.2 Å². The molecule has 0 bridgehead atoms. The fourth-order valence-corrected chi connectivity index (χ4v) is 5.68. The number of hydrogen-bond acceptors (Lipinski definition) is 1. The van der Waals surface area contributed by atoms with Gasteiger partial charge in [-0.3, -0.25) is 0 Å². The summed E-state index contributed by atoms with van der Waals surface area (Å²) in [4.78, 5) is 0. The highest BCUT2D eigenvalue weighted by molar-refractivity contribution is 5.14. The predicted molar refractivity (Wildman–Crippen MR) is 185 cm³/mol. The van der Waals surface area contributed by atoms with E-state index in [0.29, 0.717) is 0 Å². The van der Waals surface area contributed by atoms with Crippen LogP contribution >= 0.6 is 0 Å². The van der Waals surface area contributed by atoms with Crippen LogP contribution in [0.5, 0.6) is 0 Å². The molecule has 1 aliphatic rings. The van der Waals surface area contributed by atoms with Crippen molar-refractivity contribution >= 4 is 0 Å². The summed E-state index contributed by atoms with van der Waals surface area (Å²) in [5.74, 6) is 0. The first-order chi connectivity index (χ1) is 19.9. The van der Waals surface area contributed by atoms with E-state index in [9.17, 15) is 0 Å². The smallest absolute Gasteiger partial charge is 0.000442 e. The zero-order valence-electron chi connectivity index (χ0n) is 27.9. The van der Waals surface area contributed by atoms with Crippen molar-refractivity contribution in [2.45, 2.75) is 213 Å². The standard InChI is InChI=1S/C33H68.C6H7N/c1-3-5-7-9-11-13-15-17-19-21-23-25-27-29-31-33-32-30-28-26-24-22-20-18-16-14-12-10-8-6-4-2;1-2-4-6-7-5-3-1/h3-33H2,1-2H3;1-7H. The monoisotopic (exact) mass is 558 g/mol. The molecular weight excluding hydrogens is 482 g/mol. The molecule has 0 aromatic rings. The first-order valence-electron chi connectivity index (χ1n) is 18.7. The Morgan fingerprint density at radius 1 is 0.250 bits per heavy atom. The average Bonchev–Trinajstić information content (AvgIpc) is 3.30. The van der Waals surface area contributed by atoms with Crippen molar-refractivity contribution in [3.8, 4) is 0 Å². The Labute approximate surface area is 254 Å². The first-order valence-corrected chi connectivity index (χ1v) is 18.7. The molecule has 1 nitrogen and oxygen atoms in total. The topological polar surface area (TPSA) is 12.0 Å². The second-order valence-electron chi connectivity index (χ2n) is 12.5. The molecule has 40 heavy (non-hydrogen) atoms. The van der Waals surface area contributed by atoms with Crippen molar-refractivity contribution in [2.24, 2.45) is 0 Å². The van der Waals surface area contributed by atoms with Crippen LogP contribution in [0.1, 0.15) is 213 Å². The molecule has 0 radical (unpaired) electrons. The van der Waals surface area contributed by atoms with E-state index in [4.69, 9.17) is 0 Å². The molecule has 0 atom stereocenters. The maximum atomic E-state index is 2.92. The lowest BCUT2D eigenvalue weighted by atomic mass is 10.0. The van der Waals surface area contributed by atoms with Crippen LogP contribution in [0.3, 0.4) is 0 Å². The summed E-state index contributed by atoms with van der Waals surface area (Å²) in [7, 11) is 0. The van der Waals surface area contributed by atoms with Gasteiger partial charge < -0.3 is 5.32 Å². The van der Waals surface area contributed by atoms with Gasteiger partial charge in [0.1, 0.15) is 0 Å². The van der Waals surface area contributed by atoms with Gasteiger partial charge in [0, 0.05) is 12.4 Å². The number of rotatable bonds is 30. The maximum absolute atomic E-state index is 2.92. The van der Waals surface area contributed by atoms with Gasteiger partial charge in [0.25, 0.3) is 0 Å². The van der Waals surface area contributed by atoms with Gasteiger partial charge in [-0.2, -0.15) is 0 Å². The lowest BCUT2D eigenvalue weighted by molar-refractivity contribution is 0.513. The fourth-order valence-electron chi connectivity index (χ4n) is 5.68. The van der Waals surface area contributed by atoms with Crippen LogP contribution in [0.2, 0.25) is 0 Å². The molecule has 0 amide bonds. The highest BCUT2D eigenvalue weighted by Gasteiger charge is 1.96. The molecule has 236 valence electrons. The summed E-state index contributed by atoms with van der Waals surface area (Å²) in [5.41, 5.74) is 0. The minimum absolute atomic E-state index is 1.37. The quantitative estimate of drug-likeness (QED) is 0.0866. The van der Waals surface area contributed by atoms with Crippen LogP contribution in [-0.2, 0) is 0 Å². The Morgan fingerprint density at radius 2 is 0.425 bits per heavy atom. The van der Waals surface area contributed by atoms with Crippen LogP contribution in [0.25, 0.3) is 0 Å². The predicted octanol–water partition coefficient (Wildman–Crippen LogP) is 14.3. The van der Waals surface area contributed by atoms with Gasteiger partial charge in [-0.1, -0.05) is 225 Å². The normalized spacial score (nSPS) is 12.2. The summed E-state index contributed by atoms with van der Waals surface area (Å²) in [5, 5.41) is 2.92. The summed E-state index contributed by atoms with van der Waals surface area (Å²) in [6.45, 7) is 4.61. The Hall–Kier alpha value is -0.980. The minimum atomic E-state index is 1.37. The molecule has 0 fully saturated rings. The fraction of sp³-hybridized carbons (Fsp3) is 0.846. The van der Waals surface area contributed by atoms with Crippen LogP contribution in [0.4, 0.5) is 0 Å². The summed E-state index contributed by atoms with van der Waals surface area (Å²) in [6.07, 6.45) is 57.5. The van der Waals surface area contributed by atoms with Crippen molar-refractivity contribution in [1.82, 2.24) is 5.32 Å². The largest absolute Gasteiger partial charge is 0.368 e. The third-order valence-electron chi connectivity index (χ3n) is 8.43. The molecule has 0 aliphatic carbocycles. The lowest BCUT2D eigenvalue weighted by Crippen LogP contribution is -1.87. The van der Waals surface area contributed by atoms with Crippen LogP contribution in [0.15, 0.2) is 36.7 Å². The van der Waals surface area contributed by atoms with E-state index in [0.717, 1.165) is 0 Å². The maximum Gasteiger partial charge on any atom is 0.000442 e. The van der Waals surface area contributed by atoms with Gasteiger partial charge in [0.05, 0.1) is 0 Å². The molecule has 1 heteroatoms. The van der Waals surface area contributed by atoms with Gasteiger partial charge in [-0.05, 0) is 12.2 Å². The van der Waals surface area contributed by atoms with Crippen LogP contribution in [-0.4, -0.2) is 0 Å². The Kier molecular flexibility index (Phi) is 37.1. The second kappa shape index (κ2) is 38.0. The molecule has 1 rings (SSSR count). The van der Waals surface area contributed by atoms with Crippen LogP contribution < -0.4 is 5.32 Å². The van der Waals surface area contributed by atoms with Gasteiger partial charge in [-0.25, -0.2) is 0 Å². The molecule has 1 N–H and O–H groups in total. The number of allylic oxidation sites excluding steroid dienone is 4. The Morgan fingerprint density at radius 3 is 0.600 bits per heavy atom. The van der Waals surface area contributed by atoms with Gasteiger partial charge in [0.15, 0.2) is 0 Å². The zero-order chi connectivity index (χ0) is 28.9. The van der Waals surface area contributed by atoms with Gasteiger partial charge >= 0.3 is 0 Å². The highest BCUT2D eigenvalue weighted by Crippen LogP contribution is 2.16. The highest BCUT2D eigenvalue weighted by atomic mass is 14.8. The molecule has 0 unspecified atom stereocenters. The van der Waals surface area contributed by atoms with E-state index < -0.39 is 0 Å². The SMILES string of the molecule is C1=CC=CNC=C1.CCCCCCCCCCCCCCCCCCCCCCCCCCCCCCCCC. The number of hydrogen-bond donors (Lipinski definition) is 1. The van der Waals surface area contributed by atoms with Crippen LogP contribution in [0, 0.1) is 0 Å². The van der Waals surface area contributed by atoms with E-state index in [1.165, 1.54) is 199 Å².